The first-order valence-corrected chi connectivity index (χ1v) is 6.52. The second-order valence-corrected chi connectivity index (χ2v) is 5.01. The Morgan fingerprint density at radius 2 is 2.28 bits per heavy atom. The first-order valence-electron chi connectivity index (χ1n) is 5.35. The number of carbonyl (C=O) groups excluding carboxylic acids is 1. The third-order valence-corrected chi connectivity index (χ3v) is 3.38. The smallest absolute Gasteiger partial charge is 0.214 e. The second kappa shape index (κ2) is 5.12. The van der Waals surface area contributed by atoms with Crippen LogP contribution in [0.5, 0.6) is 0 Å². The maximum absolute atomic E-state index is 12.4. The predicted molar refractivity (Wildman–Crippen MR) is 74.9 cm³/mol. The van der Waals surface area contributed by atoms with E-state index in [4.69, 9.17) is 17.3 Å². The number of benzene rings is 1. The van der Waals surface area contributed by atoms with E-state index in [1.807, 2.05) is 6.92 Å². The average Bonchev–Trinajstić information content (AvgIpc) is 2.69. The standard InChI is InChI=1S/C12H11BrClN3O/c1-2-17-11(9(13)6-16-17)12(18)8-4-3-7(14)5-10(8)15/h3-6H,2,15H2,1H3. The van der Waals surface area contributed by atoms with Gasteiger partial charge < -0.3 is 5.73 Å². The number of aromatic nitrogens is 2. The fourth-order valence-corrected chi connectivity index (χ4v) is 2.35. The van der Waals surface area contributed by atoms with Gasteiger partial charge >= 0.3 is 0 Å². The third-order valence-electron chi connectivity index (χ3n) is 2.57. The molecular weight excluding hydrogens is 318 g/mol. The van der Waals surface area contributed by atoms with Crippen molar-refractivity contribution in [1.29, 1.82) is 0 Å². The fraction of sp³-hybridized carbons (Fsp3) is 0.167. The fourth-order valence-electron chi connectivity index (χ4n) is 1.70. The lowest BCUT2D eigenvalue weighted by atomic mass is 10.1. The summed E-state index contributed by atoms with van der Waals surface area (Å²) < 4.78 is 2.28. The molecule has 1 aromatic carbocycles. The Hall–Kier alpha value is -1.33. The van der Waals surface area contributed by atoms with Crippen molar-refractivity contribution in [1.82, 2.24) is 9.78 Å². The van der Waals surface area contributed by atoms with Crippen LogP contribution in [-0.2, 0) is 6.54 Å². The number of nitrogen functional groups attached to an aromatic ring is 1. The molecule has 94 valence electrons. The van der Waals surface area contributed by atoms with Crippen molar-refractivity contribution in [2.24, 2.45) is 0 Å². The molecule has 1 aromatic heterocycles. The van der Waals surface area contributed by atoms with Gasteiger partial charge in [0, 0.05) is 22.8 Å². The molecule has 1 heterocycles. The zero-order chi connectivity index (χ0) is 13.3. The van der Waals surface area contributed by atoms with E-state index in [2.05, 4.69) is 21.0 Å². The van der Waals surface area contributed by atoms with Gasteiger partial charge in [0.15, 0.2) is 0 Å². The summed E-state index contributed by atoms with van der Waals surface area (Å²) in [5.41, 5.74) is 7.10. The molecule has 0 aliphatic rings. The van der Waals surface area contributed by atoms with Crippen LogP contribution in [0.4, 0.5) is 5.69 Å². The minimum absolute atomic E-state index is 0.171. The minimum Gasteiger partial charge on any atom is -0.398 e. The molecule has 2 aromatic rings. The largest absolute Gasteiger partial charge is 0.398 e. The summed E-state index contributed by atoms with van der Waals surface area (Å²) in [7, 11) is 0. The van der Waals surface area contributed by atoms with Crippen molar-refractivity contribution in [3.8, 4) is 0 Å². The molecule has 18 heavy (non-hydrogen) atoms. The number of rotatable bonds is 3. The molecule has 0 bridgehead atoms. The van der Waals surface area contributed by atoms with E-state index in [0.717, 1.165) is 0 Å². The van der Waals surface area contributed by atoms with Crippen molar-refractivity contribution < 1.29 is 4.79 Å². The molecule has 6 heteroatoms. The van der Waals surface area contributed by atoms with Gasteiger partial charge in [-0.25, -0.2) is 0 Å². The highest BCUT2D eigenvalue weighted by Gasteiger charge is 2.20. The number of carbonyl (C=O) groups is 1. The quantitative estimate of drug-likeness (QED) is 0.695. The van der Waals surface area contributed by atoms with E-state index in [9.17, 15) is 4.79 Å². The summed E-state index contributed by atoms with van der Waals surface area (Å²) in [4.78, 5) is 12.4. The van der Waals surface area contributed by atoms with Crippen molar-refractivity contribution in [2.45, 2.75) is 13.5 Å². The third kappa shape index (κ3) is 2.28. The van der Waals surface area contributed by atoms with Gasteiger partial charge in [0.05, 0.1) is 10.7 Å². The van der Waals surface area contributed by atoms with Gasteiger partial charge in [-0.1, -0.05) is 11.6 Å². The summed E-state index contributed by atoms with van der Waals surface area (Å²) in [6, 6.07) is 4.83. The topological polar surface area (TPSA) is 60.9 Å². The Morgan fingerprint density at radius 3 is 2.89 bits per heavy atom. The van der Waals surface area contributed by atoms with Gasteiger partial charge in [-0.15, -0.1) is 0 Å². The predicted octanol–water partition coefficient (Wildman–Crippen LogP) is 3.13. The maximum atomic E-state index is 12.4. The molecule has 0 spiro atoms. The molecule has 0 saturated carbocycles. The average molecular weight is 329 g/mol. The number of hydrogen-bond acceptors (Lipinski definition) is 3. The molecular formula is C12H11BrClN3O. The molecule has 0 saturated heterocycles. The summed E-state index contributed by atoms with van der Waals surface area (Å²) in [5, 5.41) is 4.62. The van der Waals surface area contributed by atoms with E-state index >= 15 is 0 Å². The number of nitrogens with zero attached hydrogens (tertiary/aromatic N) is 2. The molecule has 2 rings (SSSR count). The van der Waals surface area contributed by atoms with Crippen molar-refractivity contribution in [3.05, 3.63) is 45.1 Å². The monoisotopic (exact) mass is 327 g/mol. The molecule has 0 aliphatic carbocycles. The highest BCUT2D eigenvalue weighted by atomic mass is 79.9. The minimum atomic E-state index is -0.171. The summed E-state index contributed by atoms with van der Waals surface area (Å²) in [6.45, 7) is 2.53. The normalized spacial score (nSPS) is 10.6. The lowest BCUT2D eigenvalue weighted by molar-refractivity contribution is 0.102. The Morgan fingerprint density at radius 1 is 1.56 bits per heavy atom. The lowest BCUT2D eigenvalue weighted by Crippen LogP contribution is -2.12. The molecule has 4 nitrogen and oxygen atoms in total. The van der Waals surface area contributed by atoms with Crippen molar-refractivity contribution in [2.75, 3.05) is 5.73 Å². The Bertz CT molecular complexity index is 609. The van der Waals surface area contributed by atoms with Gasteiger partial charge in [-0.2, -0.15) is 5.10 Å². The zero-order valence-electron chi connectivity index (χ0n) is 9.65. The number of halogens is 2. The van der Waals surface area contributed by atoms with Gasteiger partial charge in [-0.3, -0.25) is 9.48 Å². The first-order chi connectivity index (χ1) is 8.54. The van der Waals surface area contributed by atoms with Crippen LogP contribution < -0.4 is 5.73 Å². The van der Waals surface area contributed by atoms with E-state index in [1.165, 1.54) is 0 Å². The van der Waals surface area contributed by atoms with Gasteiger partial charge in [0.2, 0.25) is 5.78 Å². The molecule has 0 fully saturated rings. The molecule has 0 atom stereocenters. The molecule has 0 aliphatic heterocycles. The van der Waals surface area contributed by atoms with Crippen LogP contribution >= 0.6 is 27.5 Å². The number of nitrogens with two attached hydrogens (primary N) is 1. The number of ketones is 1. The zero-order valence-corrected chi connectivity index (χ0v) is 12.0. The van der Waals surface area contributed by atoms with E-state index in [-0.39, 0.29) is 5.78 Å². The summed E-state index contributed by atoms with van der Waals surface area (Å²) >= 11 is 9.14. The SMILES string of the molecule is CCn1ncc(Br)c1C(=O)c1ccc(Cl)cc1N. The van der Waals surface area contributed by atoms with Gasteiger partial charge in [0.1, 0.15) is 5.69 Å². The number of aryl methyl sites for hydroxylation is 1. The number of hydrogen-bond donors (Lipinski definition) is 1. The molecule has 2 N–H and O–H groups in total. The van der Waals surface area contributed by atoms with Crippen LogP contribution in [0.3, 0.4) is 0 Å². The van der Waals surface area contributed by atoms with Crippen molar-refractivity contribution >= 4 is 39.0 Å². The first kappa shape index (κ1) is 13.1. The highest BCUT2D eigenvalue weighted by molar-refractivity contribution is 9.10. The molecule has 0 radical (unpaired) electrons. The van der Waals surface area contributed by atoms with Crippen LogP contribution in [0.25, 0.3) is 0 Å². The number of anilines is 1. The van der Waals surface area contributed by atoms with Crippen LogP contribution in [0.2, 0.25) is 5.02 Å². The van der Waals surface area contributed by atoms with Gasteiger partial charge in [0.25, 0.3) is 0 Å². The Kier molecular flexibility index (Phi) is 3.73. The van der Waals surface area contributed by atoms with Crippen LogP contribution in [0.15, 0.2) is 28.9 Å². The highest BCUT2D eigenvalue weighted by Crippen LogP contribution is 2.24. The Labute approximate surface area is 118 Å². The van der Waals surface area contributed by atoms with Crippen molar-refractivity contribution in [3.63, 3.8) is 0 Å². The maximum Gasteiger partial charge on any atom is 0.214 e. The van der Waals surface area contributed by atoms with Crippen LogP contribution in [0.1, 0.15) is 23.0 Å². The van der Waals surface area contributed by atoms with Crippen LogP contribution in [-0.4, -0.2) is 15.6 Å². The molecule has 0 unspecified atom stereocenters. The lowest BCUT2D eigenvalue weighted by Gasteiger charge is -2.07. The molecule has 0 amide bonds. The van der Waals surface area contributed by atoms with Gasteiger partial charge in [-0.05, 0) is 41.1 Å². The summed E-state index contributed by atoms with van der Waals surface area (Å²) in [5.74, 6) is -0.171. The van der Waals surface area contributed by atoms with E-state index in [0.29, 0.717) is 33.0 Å². The van der Waals surface area contributed by atoms with Crippen LogP contribution in [0, 0.1) is 0 Å². The Balaban J connectivity index is 2.51. The van der Waals surface area contributed by atoms with E-state index in [1.54, 1.807) is 29.1 Å². The van der Waals surface area contributed by atoms with E-state index < -0.39 is 0 Å². The second-order valence-electron chi connectivity index (χ2n) is 3.72. The summed E-state index contributed by atoms with van der Waals surface area (Å²) in [6.07, 6.45) is 1.60.